The number of hydrogen-bond acceptors (Lipinski definition) is 10. The largest absolute Gasteiger partial charge is 0.454 e. The molecule has 8 atom stereocenters. The molecule has 1 heterocycles. The zero-order valence-electron chi connectivity index (χ0n) is 54.8. The summed E-state index contributed by atoms with van der Waals surface area (Å²) in [5.41, 5.74) is 0. The highest BCUT2D eigenvalue weighted by Crippen LogP contribution is 2.26. The molecular weight excluding hydrogens is 1050 g/mol. The average molecular weight is 1190 g/mol. The van der Waals surface area contributed by atoms with Crippen LogP contribution in [0.25, 0.3) is 0 Å². The van der Waals surface area contributed by atoms with E-state index in [-0.39, 0.29) is 13.0 Å². The molecule has 84 heavy (non-hydrogen) atoms. The lowest BCUT2D eigenvalue weighted by Crippen LogP contribution is -2.61. The third-order valence-electron chi connectivity index (χ3n) is 17.0. The summed E-state index contributed by atoms with van der Waals surface area (Å²) in [7, 11) is 0. The van der Waals surface area contributed by atoms with Crippen LogP contribution in [0.5, 0.6) is 0 Å². The fraction of sp³-hybridized carbons (Fsp3) is 0.863. The van der Waals surface area contributed by atoms with E-state index in [1.165, 1.54) is 231 Å². The Hall–Kier alpha value is -2.38. The molecule has 1 fully saturated rings. The van der Waals surface area contributed by atoms with Gasteiger partial charge in [0.1, 0.15) is 24.4 Å². The fourth-order valence-electron chi connectivity index (χ4n) is 11.3. The van der Waals surface area contributed by atoms with E-state index in [0.29, 0.717) is 19.3 Å². The van der Waals surface area contributed by atoms with E-state index in [0.717, 1.165) is 64.2 Å². The molecule has 0 aromatic heterocycles. The first-order valence-corrected chi connectivity index (χ1v) is 35.9. The van der Waals surface area contributed by atoms with E-state index < -0.39 is 67.4 Å². The summed E-state index contributed by atoms with van der Waals surface area (Å²) in [6.45, 7) is 5.81. The summed E-state index contributed by atoms with van der Waals surface area (Å²) in [6, 6.07) is -1.02. The molecule has 1 rings (SSSR count). The average Bonchev–Trinajstić information content (AvgIpc) is 3.69. The van der Waals surface area contributed by atoms with Gasteiger partial charge < -0.3 is 45.1 Å². The number of nitrogens with one attached hydrogen (secondary N) is 1. The third kappa shape index (κ3) is 47.7. The summed E-state index contributed by atoms with van der Waals surface area (Å²) >= 11 is 0. The number of unbranched alkanes of at least 4 members (excludes halogenated alkanes) is 42. The quantitative estimate of drug-likeness (QED) is 0.0195. The smallest absolute Gasteiger partial charge is 0.306 e. The number of rotatable bonds is 62. The number of aliphatic hydroxyl groups excluding tert-OH is 5. The van der Waals surface area contributed by atoms with Crippen molar-refractivity contribution in [3.05, 3.63) is 48.6 Å². The van der Waals surface area contributed by atoms with E-state index in [2.05, 4.69) is 62.5 Å². The first kappa shape index (κ1) is 79.6. The van der Waals surface area contributed by atoms with Crippen LogP contribution in [-0.4, -0.2) is 99.6 Å². The Balaban J connectivity index is 2.57. The maximum Gasteiger partial charge on any atom is 0.306 e. The predicted molar refractivity (Wildman–Crippen MR) is 352 cm³/mol. The molecule has 1 aliphatic heterocycles. The van der Waals surface area contributed by atoms with Crippen LogP contribution in [0.15, 0.2) is 48.6 Å². The van der Waals surface area contributed by atoms with Gasteiger partial charge in [-0.3, -0.25) is 9.59 Å². The molecule has 1 aliphatic rings. The molecule has 0 saturated carbocycles. The van der Waals surface area contributed by atoms with Gasteiger partial charge in [-0.25, -0.2) is 0 Å². The Morgan fingerprint density at radius 3 is 1.25 bits per heavy atom. The number of aliphatic hydroxyl groups is 5. The number of hydrogen-bond donors (Lipinski definition) is 6. The van der Waals surface area contributed by atoms with Gasteiger partial charge in [0.2, 0.25) is 5.91 Å². The maximum atomic E-state index is 13.5. The second kappa shape index (κ2) is 60.9. The number of allylic oxidation sites excluding steroid dienone is 7. The first-order valence-electron chi connectivity index (χ1n) is 35.9. The van der Waals surface area contributed by atoms with Crippen LogP contribution < -0.4 is 5.32 Å². The van der Waals surface area contributed by atoms with Crippen molar-refractivity contribution in [1.82, 2.24) is 5.32 Å². The molecule has 1 amide bonds. The Morgan fingerprint density at radius 2 is 0.821 bits per heavy atom. The van der Waals surface area contributed by atoms with Gasteiger partial charge in [0.25, 0.3) is 0 Å². The lowest BCUT2D eigenvalue weighted by molar-refractivity contribution is -0.305. The van der Waals surface area contributed by atoms with Crippen molar-refractivity contribution in [3.8, 4) is 0 Å². The van der Waals surface area contributed by atoms with E-state index in [4.69, 9.17) is 14.2 Å². The van der Waals surface area contributed by atoms with Crippen molar-refractivity contribution >= 4 is 11.9 Å². The summed E-state index contributed by atoms with van der Waals surface area (Å²) in [5, 5.41) is 57.3. The SMILES string of the molecule is CCCCC/C=C\C/C=C\CCCCCCCCCCCCCC(=O)OC1C(OCC(NC(=O)C(O)CCCCCCCCCCCCCC/C=C/CCCCCCCC)C(O)/C=C/CCCCCCCCCCCC)OC(CO)C(O)C1O. The number of ether oxygens (including phenoxy) is 3. The van der Waals surface area contributed by atoms with Crippen LogP contribution in [0.2, 0.25) is 0 Å². The molecule has 0 spiro atoms. The highest BCUT2D eigenvalue weighted by Gasteiger charge is 2.47. The Bertz CT molecular complexity index is 1550. The van der Waals surface area contributed by atoms with E-state index >= 15 is 0 Å². The molecule has 1 saturated heterocycles. The van der Waals surface area contributed by atoms with Crippen molar-refractivity contribution in [2.45, 2.75) is 391 Å². The summed E-state index contributed by atoms with van der Waals surface area (Å²) in [6.07, 6.45) is 65.8. The van der Waals surface area contributed by atoms with Gasteiger partial charge in [-0.2, -0.15) is 0 Å². The monoisotopic (exact) mass is 1190 g/mol. The van der Waals surface area contributed by atoms with E-state index in [9.17, 15) is 35.1 Å². The van der Waals surface area contributed by atoms with Crippen LogP contribution in [0, 0.1) is 0 Å². The standard InChI is InChI=1S/C73H135NO10/c1-4-7-10-13-16-19-22-25-27-29-31-33-35-36-38-40-42-45-48-51-54-57-60-66(77)72(81)74-64(65(76)59-56-53-50-47-44-24-21-18-15-12-9-6-3)63-82-73-71(70(80)69(79)67(62-75)83-73)84-68(78)61-58-55-52-49-46-43-41-39-37-34-32-30-28-26-23-20-17-14-11-8-5-2/h17,20,25-28,56,59,64-67,69-71,73,75-77,79-80H,4-16,18-19,21-24,29-55,57-58,60-63H2,1-3H3,(H,74,81)/b20-17-,27-25+,28-26-,59-56+. The second-order valence-electron chi connectivity index (χ2n) is 25.0. The molecule has 6 N–H and O–H groups in total. The maximum absolute atomic E-state index is 13.5. The molecular formula is C73H135NO10. The highest BCUT2D eigenvalue weighted by atomic mass is 16.7. The van der Waals surface area contributed by atoms with Gasteiger partial charge in [0, 0.05) is 6.42 Å². The number of carbonyl (C=O) groups is 2. The normalized spacial score (nSPS) is 18.7. The molecule has 0 aliphatic carbocycles. The lowest BCUT2D eigenvalue weighted by Gasteiger charge is -2.41. The molecule has 0 aromatic rings. The topological polar surface area (TPSA) is 175 Å². The van der Waals surface area contributed by atoms with Crippen molar-refractivity contribution in [3.63, 3.8) is 0 Å². The van der Waals surface area contributed by atoms with Crippen molar-refractivity contribution in [2.24, 2.45) is 0 Å². The van der Waals surface area contributed by atoms with E-state index in [1.807, 2.05) is 6.08 Å². The molecule has 0 radical (unpaired) electrons. The summed E-state index contributed by atoms with van der Waals surface area (Å²) in [5.74, 6) is -1.18. The Kier molecular flexibility index (Phi) is 57.7. The number of esters is 1. The zero-order valence-corrected chi connectivity index (χ0v) is 54.8. The van der Waals surface area contributed by atoms with Crippen LogP contribution in [-0.2, 0) is 23.8 Å². The van der Waals surface area contributed by atoms with Gasteiger partial charge in [-0.1, -0.05) is 301 Å². The number of amides is 1. The van der Waals surface area contributed by atoms with Crippen LogP contribution in [0.1, 0.15) is 342 Å². The molecule has 11 nitrogen and oxygen atoms in total. The molecule has 0 bridgehead atoms. The number of carbonyl (C=O) groups excluding carboxylic acids is 2. The highest BCUT2D eigenvalue weighted by molar-refractivity contribution is 5.80. The van der Waals surface area contributed by atoms with Crippen LogP contribution >= 0.6 is 0 Å². The zero-order chi connectivity index (χ0) is 61.0. The second-order valence-corrected chi connectivity index (χ2v) is 25.0. The molecule has 11 heteroatoms. The molecule has 8 unspecified atom stereocenters. The first-order chi connectivity index (χ1) is 41.2. The van der Waals surface area contributed by atoms with Gasteiger partial charge in [0.15, 0.2) is 12.4 Å². The predicted octanol–water partition coefficient (Wildman–Crippen LogP) is 18.3. The van der Waals surface area contributed by atoms with Gasteiger partial charge >= 0.3 is 5.97 Å². The fourth-order valence-corrected chi connectivity index (χ4v) is 11.3. The van der Waals surface area contributed by atoms with Crippen molar-refractivity contribution < 1.29 is 49.3 Å². The van der Waals surface area contributed by atoms with Crippen LogP contribution in [0.4, 0.5) is 0 Å². The Morgan fingerprint density at radius 1 is 0.464 bits per heavy atom. The minimum Gasteiger partial charge on any atom is -0.454 e. The third-order valence-corrected chi connectivity index (χ3v) is 17.0. The van der Waals surface area contributed by atoms with Gasteiger partial charge in [0.05, 0.1) is 25.4 Å². The summed E-state index contributed by atoms with van der Waals surface area (Å²) < 4.78 is 17.7. The lowest BCUT2D eigenvalue weighted by atomic mass is 9.99. The minimum atomic E-state index is -1.61. The minimum absolute atomic E-state index is 0.123. The van der Waals surface area contributed by atoms with Gasteiger partial charge in [-0.05, 0) is 83.5 Å². The summed E-state index contributed by atoms with van der Waals surface area (Å²) in [4.78, 5) is 26.7. The van der Waals surface area contributed by atoms with Crippen LogP contribution in [0.3, 0.4) is 0 Å². The molecule has 492 valence electrons. The van der Waals surface area contributed by atoms with Crippen molar-refractivity contribution in [1.29, 1.82) is 0 Å². The Labute approximate surface area is 516 Å². The van der Waals surface area contributed by atoms with Crippen molar-refractivity contribution in [2.75, 3.05) is 13.2 Å². The molecule has 0 aromatic carbocycles. The van der Waals surface area contributed by atoms with Gasteiger partial charge in [-0.15, -0.1) is 0 Å². The van der Waals surface area contributed by atoms with E-state index in [1.54, 1.807) is 6.08 Å².